The zero-order valence-corrected chi connectivity index (χ0v) is 7.73. The standard InChI is InChI=1S/C4H9Cl3S/c1-3-4-8(2,5,6)7/h3,8H,1,4H2,2H3. The fourth-order valence-electron chi connectivity index (χ4n) is 0.275. The fraction of sp³-hybridized carbons (Fsp3) is 0.500. The number of halogens is 3. The molecule has 0 aliphatic heterocycles. The molecule has 0 aromatic heterocycles. The Labute approximate surface area is 63.6 Å². The maximum atomic E-state index is 5.68. The minimum Gasteiger partial charge on any atom is -0.104 e. The van der Waals surface area contributed by atoms with Gasteiger partial charge in [0.05, 0.1) is 0 Å². The van der Waals surface area contributed by atoms with Gasteiger partial charge in [-0.25, -0.2) is 0 Å². The third-order valence-corrected chi connectivity index (χ3v) is 2.80. The maximum Gasteiger partial charge on any atom is 0.0144 e. The fourth-order valence-corrected chi connectivity index (χ4v) is 1.70. The zero-order valence-electron chi connectivity index (χ0n) is 4.57. The van der Waals surface area contributed by atoms with Gasteiger partial charge in [0.2, 0.25) is 0 Å². The lowest BCUT2D eigenvalue weighted by atomic mass is 10.8. The molecular weight excluding hydrogens is 186 g/mol. The molecule has 0 heterocycles. The topological polar surface area (TPSA) is 0 Å². The summed E-state index contributed by atoms with van der Waals surface area (Å²) in [5, 5.41) is 0. The van der Waals surface area contributed by atoms with Crippen LogP contribution in [0.5, 0.6) is 0 Å². The van der Waals surface area contributed by atoms with E-state index < -0.39 is 6.80 Å². The van der Waals surface area contributed by atoms with Crippen molar-refractivity contribution in [1.29, 1.82) is 0 Å². The van der Waals surface area contributed by atoms with Crippen LogP contribution in [0.15, 0.2) is 12.7 Å². The smallest absolute Gasteiger partial charge is 0.0144 e. The minimum atomic E-state index is -2.81. The Bertz CT molecular complexity index is 92.3. The molecule has 0 nitrogen and oxygen atoms in total. The van der Waals surface area contributed by atoms with Crippen LogP contribution in [0.3, 0.4) is 0 Å². The molecule has 0 aliphatic carbocycles. The van der Waals surface area contributed by atoms with Crippen LogP contribution < -0.4 is 0 Å². The Hall–Kier alpha value is 0.960. The molecule has 0 amide bonds. The number of rotatable bonds is 2. The van der Waals surface area contributed by atoms with Gasteiger partial charge in [0.15, 0.2) is 0 Å². The molecule has 0 saturated carbocycles. The van der Waals surface area contributed by atoms with Crippen LogP contribution in [0.2, 0.25) is 0 Å². The highest BCUT2D eigenvalue weighted by atomic mass is 36.2. The van der Waals surface area contributed by atoms with E-state index in [-0.39, 0.29) is 0 Å². The molecule has 0 saturated heterocycles. The molecule has 0 bridgehead atoms. The van der Waals surface area contributed by atoms with Gasteiger partial charge in [-0.05, 0) is 6.26 Å². The molecule has 0 aliphatic rings. The van der Waals surface area contributed by atoms with Gasteiger partial charge in [-0.3, -0.25) is 0 Å². The van der Waals surface area contributed by atoms with Crippen LogP contribution in [-0.2, 0) is 0 Å². The van der Waals surface area contributed by atoms with Crippen molar-refractivity contribution in [3.05, 3.63) is 12.7 Å². The SMILES string of the molecule is C=CC[SH](C)(Cl)(Cl)Cl. The Morgan fingerprint density at radius 2 is 1.88 bits per heavy atom. The third-order valence-electron chi connectivity index (χ3n) is 0.519. The van der Waals surface area contributed by atoms with E-state index in [2.05, 4.69) is 6.58 Å². The van der Waals surface area contributed by atoms with Crippen LogP contribution in [0.4, 0.5) is 0 Å². The van der Waals surface area contributed by atoms with Gasteiger partial charge in [-0.1, -0.05) is 38.1 Å². The van der Waals surface area contributed by atoms with Crippen molar-refractivity contribution in [2.45, 2.75) is 0 Å². The Balaban J connectivity index is 3.91. The van der Waals surface area contributed by atoms with E-state index in [0.717, 1.165) is 0 Å². The summed E-state index contributed by atoms with van der Waals surface area (Å²) in [6.45, 7) is 0.664. The summed E-state index contributed by atoms with van der Waals surface area (Å²) >= 11 is 0. The van der Waals surface area contributed by atoms with Crippen LogP contribution >= 0.6 is 38.8 Å². The Morgan fingerprint density at radius 3 is 1.88 bits per heavy atom. The highest BCUT2D eigenvalue weighted by Gasteiger charge is 2.23. The molecule has 0 rings (SSSR count). The van der Waals surface area contributed by atoms with Crippen LogP contribution in [-0.4, -0.2) is 12.0 Å². The molecule has 0 radical (unpaired) electrons. The average molecular weight is 196 g/mol. The van der Waals surface area contributed by atoms with Crippen LogP contribution in [0.25, 0.3) is 0 Å². The van der Waals surface area contributed by atoms with Gasteiger partial charge < -0.3 is 0 Å². The lowest BCUT2D eigenvalue weighted by Crippen LogP contribution is -1.92. The van der Waals surface area contributed by atoms with Crippen LogP contribution in [0, 0.1) is 0 Å². The van der Waals surface area contributed by atoms with Crippen molar-refractivity contribution in [2.24, 2.45) is 0 Å². The van der Waals surface area contributed by atoms with E-state index in [0.29, 0.717) is 5.75 Å². The van der Waals surface area contributed by atoms with Crippen LogP contribution in [0.1, 0.15) is 0 Å². The predicted molar refractivity (Wildman–Crippen MR) is 47.5 cm³/mol. The van der Waals surface area contributed by atoms with Crippen molar-refractivity contribution >= 4 is 38.8 Å². The molecule has 0 aromatic carbocycles. The molecule has 8 heavy (non-hydrogen) atoms. The van der Waals surface area contributed by atoms with Gasteiger partial charge in [-0.2, -0.15) is 0 Å². The average Bonchev–Trinajstić information content (AvgIpc) is 1.25. The second-order valence-electron chi connectivity index (χ2n) is 1.84. The molecule has 0 atom stereocenters. The maximum absolute atomic E-state index is 5.68. The van der Waals surface area contributed by atoms with E-state index in [1.165, 1.54) is 0 Å². The second kappa shape index (κ2) is 2.30. The number of hydrogen-bond donors (Lipinski definition) is 1. The van der Waals surface area contributed by atoms with E-state index in [1.54, 1.807) is 12.3 Å². The molecule has 52 valence electrons. The van der Waals surface area contributed by atoms with Gasteiger partial charge >= 0.3 is 0 Å². The Morgan fingerprint density at radius 1 is 1.50 bits per heavy atom. The normalized spacial score (nSPS) is 16.8. The first-order chi connectivity index (χ1) is 3.31. The van der Waals surface area contributed by atoms with Gasteiger partial charge in [0, 0.05) is 5.75 Å². The number of hydrogen-bond acceptors (Lipinski definition) is 0. The third kappa shape index (κ3) is 6.96. The summed E-state index contributed by atoms with van der Waals surface area (Å²) in [6, 6.07) is 0. The molecule has 0 N–H and O–H groups in total. The molecule has 0 unspecified atom stereocenters. The van der Waals surface area contributed by atoms with Crippen molar-refractivity contribution in [3.8, 4) is 0 Å². The summed E-state index contributed by atoms with van der Waals surface area (Å²) < 4.78 is 0. The summed E-state index contributed by atoms with van der Waals surface area (Å²) in [7, 11) is 17.0. The van der Waals surface area contributed by atoms with Crippen molar-refractivity contribution in [1.82, 2.24) is 0 Å². The highest BCUT2D eigenvalue weighted by Crippen LogP contribution is 2.80. The zero-order chi connectivity index (χ0) is 6.86. The quantitative estimate of drug-likeness (QED) is 0.507. The summed E-state index contributed by atoms with van der Waals surface area (Å²) in [5.74, 6) is 0.496. The first kappa shape index (κ1) is 8.96. The highest BCUT2D eigenvalue weighted by molar-refractivity contribution is 8.91. The molecule has 0 spiro atoms. The molecular formula is C4H9Cl3S. The monoisotopic (exact) mass is 194 g/mol. The van der Waals surface area contributed by atoms with Crippen molar-refractivity contribution in [2.75, 3.05) is 12.0 Å². The summed E-state index contributed by atoms with van der Waals surface area (Å²) in [4.78, 5) is 0. The lowest BCUT2D eigenvalue weighted by molar-refractivity contribution is 1.80. The first-order valence-corrected chi connectivity index (χ1v) is 7.67. The minimum absolute atomic E-state index is 0.496. The van der Waals surface area contributed by atoms with E-state index in [1.807, 2.05) is 0 Å². The second-order valence-corrected chi connectivity index (χ2v) is 14.8. The summed E-state index contributed by atoms with van der Waals surface area (Å²) in [6.07, 6.45) is 3.28. The van der Waals surface area contributed by atoms with Gasteiger partial charge in [0.25, 0.3) is 0 Å². The lowest BCUT2D eigenvalue weighted by Gasteiger charge is -2.36. The van der Waals surface area contributed by atoms with Gasteiger partial charge in [0.1, 0.15) is 0 Å². The molecule has 4 heteroatoms. The van der Waals surface area contributed by atoms with E-state index >= 15 is 0 Å². The van der Waals surface area contributed by atoms with Crippen molar-refractivity contribution in [3.63, 3.8) is 0 Å². The summed E-state index contributed by atoms with van der Waals surface area (Å²) in [5.41, 5.74) is 0. The first-order valence-electron chi connectivity index (χ1n) is 2.09. The predicted octanol–water partition coefficient (Wildman–Crippen LogP) is 3.34. The largest absolute Gasteiger partial charge is 0.104 e. The molecule has 0 fully saturated rings. The number of thiol groups is 1. The molecule has 0 aromatic rings. The van der Waals surface area contributed by atoms with E-state index in [9.17, 15) is 0 Å². The van der Waals surface area contributed by atoms with E-state index in [4.69, 9.17) is 32.0 Å². The van der Waals surface area contributed by atoms with Gasteiger partial charge in [-0.15, -0.1) is 13.4 Å². The van der Waals surface area contributed by atoms with Crippen molar-refractivity contribution < 1.29 is 0 Å². The Kier molecular flexibility index (Phi) is 2.57.